The SMILES string of the molecule is COc1ccc(CCC(=O)N(C)CCc2noc(C(=O)NCc3ccccc3)n2)cc1. The predicted molar refractivity (Wildman–Crippen MR) is 115 cm³/mol. The maximum absolute atomic E-state index is 12.4. The van der Waals surface area contributed by atoms with Crippen LogP contribution in [0.3, 0.4) is 0 Å². The molecule has 3 rings (SSSR count). The highest BCUT2D eigenvalue weighted by atomic mass is 16.5. The van der Waals surface area contributed by atoms with Crippen LogP contribution in [-0.2, 0) is 24.2 Å². The highest BCUT2D eigenvalue weighted by Gasteiger charge is 2.16. The van der Waals surface area contributed by atoms with Gasteiger partial charge in [-0.1, -0.05) is 47.6 Å². The van der Waals surface area contributed by atoms with E-state index in [-0.39, 0.29) is 11.8 Å². The van der Waals surface area contributed by atoms with Crippen LogP contribution in [0.25, 0.3) is 0 Å². The molecule has 0 aliphatic heterocycles. The molecule has 1 aromatic heterocycles. The van der Waals surface area contributed by atoms with E-state index in [4.69, 9.17) is 9.26 Å². The largest absolute Gasteiger partial charge is 0.497 e. The van der Waals surface area contributed by atoms with Crippen molar-refractivity contribution in [3.05, 3.63) is 77.4 Å². The first-order valence-electron chi connectivity index (χ1n) is 10.1. The van der Waals surface area contributed by atoms with E-state index in [0.717, 1.165) is 16.9 Å². The average Bonchev–Trinajstić information content (AvgIpc) is 3.29. The molecule has 2 amide bonds. The number of likely N-dealkylation sites (N-methyl/N-ethyl adjacent to an activating group) is 1. The molecule has 0 aliphatic carbocycles. The predicted octanol–water partition coefficient (Wildman–Crippen LogP) is 2.64. The van der Waals surface area contributed by atoms with Crippen molar-refractivity contribution in [3.8, 4) is 5.75 Å². The number of ether oxygens (including phenoxy) is 1. The van der Waals surface area contributed by atoms with Crippen molar-refractivity contribution in [2.24, 2.45) is 0 Å². The zero-order valence-electron chi connectivity index (χ0n) is 17.7. The number of nitrogens with zero attached hydrogens (tertiary/aromatic N) is 3. The number of aryl methyl sites for hydroxylation is 1. The van der Waals surface area contributed by atoms with E-state index < -0.39 is 5.91 Å². The molecule has 1 heterocycles. The van der Waals surface area contributed by atoms with E-state index in [1.54, 1.807) is 19.1 Å². The molecule has 8 nitrogen and oxygen atoms in total. The highest BCUT2D eigenvalue weighted by molar-refractivity contribution is 5.89. The number of nitrogens with one attached hydrogen (secondary N) is 1. The number of rotatable bonds is 10. The third kappa shape index (κ3) is 6.67. The van der Waals surface area contributed by atoms with E-state index in [1.807, 2.05) is 54.6 Å². The maximum atomic E-state index is 12.4. The summed E-state index contributed by atoms with van der Waals surface area (Å²) in [5, 5.41) is 6.58. The summed E-state index contributed by atoms with van der Waals surface area (Å²) in [5.41, 5.74) is 2.05. The standard InChI is InChI=1S/C23H26N4O4/c1-27(21(28)13-10-17-8-11-19(30-2)12-9-17)15-14-20-25-23(31-26-20)22(29)24-16-18-6-4-3-5-7-18/h3-9,11-12H,10,13-16H2,1-2H3,(H,24,29). The zero-order chi connectivity index (χ0) is 22.1. The smallest absolute Gasteiger partial charge is 0.315 e. The first-order chi connectivity index (χ1) is 15.0. The van der Waals surface area contributed by atoms with E-state index in [1.165, 1.54) is 0 Å². The molecule has 0 saturated carbocycles. The summed E-state index contributed by atoms with van der Waals surface area (Å²) in [5.74, 6) is 0.700. The van der Waals surface area contributed by atoms with Gasteiger partial charge < -0.3 is 19.5 Å². The summed E-state index contributed by atoms with van der Waals surface area (Å²) in [6, 6.07) is 17.2. The monoisotopic (exact) mass is 422 g/mol. The summed E-state index contributed by atoms with van der Waals surface area (Å²) in [6.07, 6.45) is 1.46. The van der Waals surface area contributed by atoms with Crippen LogP contribution in [0, 0.1) is 0 Å². The lowest BCUT2D eigenvalue weighted by Gasteiger charge is -2.16. The number of aromatic nitrogens is 2. The second kappa shape index (κ2) is 10.9. The van der Waals surface area contributed by atoms with Gasteiger partial charge >= 0.3 is 11.8 Å². The molecule has 0 radical (unpaired) electrons. The quantitative estimate of drug-likeness (QED) is 0.539. The lowest BCUT2D eigenvalue weighted by molar-refractivity contribution is -0.129. The van der Waals surface area contributed by atoms with E-state index in [0.29, 0.717) is 38.2 Å². The molecule has 1 N–H and O–H groups in total. The molecule has 31 heavy (non-hydrogen) atoms. The van der Waals surface area contributed by atoms with Crippen LogP contribution in [-0.4, -0.2) is 47.6 Å². The molecule has 2 aromatic carbocycles. The van der Waals surface area contributed by atoms with E-state index >= 15 is 0 Å². The van der Waals surface area contributed by atoms with Crippen molar-refractivity contribution < 1.29 is 18.8 Å². The number of hydrogen-bond donors (Lipinski definition) is 1. The van der Waals surface area contributed by atoms with E-state index in [2.05, 4.69) is 15.5 Å². The zero-order valence-corrected chi connectivity index (χ0v) is 17.7. The van der Waals surface area contributed by atoms with Gasteiger partial charge in [0.25, 0.3) is 0 Å². The molecule has 0 bridgehead atoms. The minimum Gasteiger partial charge on any atom is -0.497 e. The van der Waals surface area contributed by atoms with E-state index in [9.17, 15) is 9.59 Å². The molecule has 0 unspecified atom stereocenters. The molecule has 3 aromatic rings. The lowest BCUT2D eigenvalue weighted by atomic mass is 10.1. The highest BCUT2D eigenvalue weighted by Crippen LogP contribution is 2.13. The third-order valence-corrected chi connectivity index (χ3v) is 4.84. The number of benzene rings is 2. The lowest BCUT2D eigenvalue weighted by Crippen LogP contribution is -2.29. The Morgan fingerprint density at radius 2 is 1.77 bits per heavy atom. The van der Waals surface area contributed by atoms with Gasteiger partial charge in [0.2, 0.25) is 5.91 Å². The molecule has 0 atom stereocenters. The average molecular weight is 422 g/mol. The van der Waals surface area contributed by atoms with Crippen molar-refractivity contribution in [1.29, 1.82) is 0 Å². The Morgan fingerprint density at radius 3 is 2.48 bits per heavy atom. The fourth-order valence-corrected chi connectivity index (χ4v) is 2.93. The first kappa shape index (κ1) is 22.0. The Balaban J connectivity index is 1.41. The van der Waals surface area contributed by atoms with Crippen molar-refractivity contribution in [2.75, 3.05) is 20.7 Å². The van der Waals surface area contributed by atoms with Gasteiger partial charge in [0.1, 0.15) is 5.75 Å². The number of hydrogen-bond acceptors (Lipinski definition) is 6. The van der Waals surface area contributed by atoms with Crippen LogP contribution < -0.4 is 10.1 Å². The summed E-state index contributed by atoms with van der Waals surface area (Å²) in [7, 11) is 3.36. The normalized spacial score (nSPS) is 10.5. The molecule has 0 spiro atoms. The summed E-state index contributed by atoms with van der Waals surface area (Å²) in [4.78, 5) is 30.3. The number of methoxy groups -OCH3 is 1. The Kier molecular flexibility index (Phi) is 7.75. The molecule has 8 heteroatoms. The molecule has 0 fully saturated rings. The van der Waals surface area contributed by atoms with Gasteiger partial charge in [-0.15, -0.1) is 0 Å². The van der Waals surface area contributed by atoms with Crippen molar-refractivity contribution >= 4 is 11.8 Å². The minimum absolute atomic E-state index is 0.0279. The molecular weight excluding hydrogens is 396 g/mol. The molecule has 0 aliphatic rings. The van der Waals surface area contributed by atoms with Gasteiger partial charge in [0, 0.05) is 33.0 Å². The van der Waals surface area contributed by atoms with Gasteiger partial charge in [-0.25, -0.2) is 0 Å². The van der Waals surface area contributed by atoms with Crippen LogP contribution >= 0.6 is 0 Å². The van der Waals surface area contributed by atoms with Gasteiger partial charge in [-0.05, 0) is 29.7 Å². The Labute approximate surface area is 181 Å². The van der Waals surface area contributed by atoms with Gasteiger partial charge in [0.15, 0.2) is 5.82 Å². The van der Waals surface area contributed by atoms with Crippen LogP contribution in [0.4, 0.5) is 0 Å². The Bertz CT molecular complexity index is 986. The van der Waals surface area contributed by atoms with Crippen molar-refractivity contribution in [1.82, 2.24) is 20.4 Å². The van der Waals surface area contributed by atoms with Crippen molar-refractivity contribution in [2.45, 2.75) is 25.8 Å². The second-order valence-electron chi connectivity index (χ2n) is 7.10. The maximum Gasteiger partial charge on any atom is 0.315 e. The fourth-order valence-electron chi connectivity index (χ4n) is 2.93. The fraction of sp³-hybridized carbons (Fsp3) is 0.304. The summed E-state index contributed by atoms with van der Waals surface area (Å²) >= 11 is 0. The first-order valence-corrected chi connectivity index (χ1v) is 10.1. The van der Waals surface area contributed by atoms with Crippen LogP contribution in [0.5, 0.6) is 5.75 Å². The number of carbonyl (C=O) groups is 2. The van der Waals surface area contributed by atoms with Crippen LogP contribution in [0.2, 0.25) is 0 Å². The third-order valence-electron chi connectivity index (χ3n) is 4.84. The number of carbonyl (C=O) groups excluding carboxylic acids is 2. The van der Waals surface area contributed by atoms with Crippen LogP contribution in [0.15, 0.2) is 59.1 Å². The summed E-state index contributed by atoms with van der Waals surface area (Å²) in [6.45, 7) is 0.814. The van der Waals surface area contributed by atoms with Gasteiger partial charge in [-0.2, -0.15) is 4.98 Å². The summed E-state index contributed by atoms with van der Waals surface area (Å²) < 4.78 is 10.2. The molecule has 0 saturated heterocycles. The van der Waals surface area contributed by atoms with Crippen molar-refractivity contribution in [3.63, 3.8) is 0 Å². The number of amides is 2. The van der Waals surface area contributed by atoms with Crippen LogP contribution in [0.1, 0.15) is 34.1 Å². The van der Waals surface area contributed by atoms with Gasteiger partial charge in [-0.3, -0.25) is 9.59 Å². The minimum atomic E-state index is -0.425. The second-order valence-corrected chi connectivity index (χ2v) is 7.10. The Hall–Kier alpha value is -3.68. The Morgan fingerprint density at radius 1 is 1.03 bits per heavy atom. The van der Waals surface area contributed by atoms with Gasteiger partial charge in [0.05, 0.1) is 7.11 Å². The molecular formula is C23H26N4O4. The molecule has 162 valence electrons. The topological polar surface area (TPSA) is 97.6 Å².